The molecule has 0 aromatic heterocycles. The quantitative estimate of drug-likeness (QED) is 0.263. The third-order valence-corrected chi connectivity index (χ3v) is 0.470. The van der Waals surface area contributed by atoms with Crippen LogP contribution in [0.3, 0.4) is 0 Å². The molecule has 0 aliphatic rings. The molecule has 1 unspecified atom stereocenters. The number of hydrogen-bond acceptors (Lipinski definition) is 2. The van der Waals surface area contributed by atoms with Gasteiger partial charge in [-0.15, -0.1) is 0 Å². The first kappa shape index (κ1) is 5.61. The van der Waals surface area contributed by atoms with Gasteiger partial charge in [0.25, 0.3) is 0 Å². The van der Waals surface area contributed by atoms with E-state index in [9.17, 15) is 10.0 Å². The van der Waals surface area contributed by atoms with Gasteiger partial charge >= 0.3 is 16.4 Å². The molecule has 0 aromatic rings. The largest absolute Gasteiger partial charge is 0.645 e. The Hall–Kier alpha value is -0.393. The van der Waals surface area contributed by atoms with Crippen molar-refractivity contribution in [1.29, 1.82) is 0 Å². The van der Waals surface area contributed by atoms with E-state index in [0.29, 0.717) is 0 Å². The van der Waals surface area contributed by atoms with Crippen LogP contribution in [0.15, 0.2) is 0 Å². The first-order valence-corrected chi connectivity index (χ1v) is 1.70. The molecule has 5 heteroatoms. The summed E-state index contributed by atoms with van der Waals surface area (Å²) < 4.78 is -0.796. The zero-order valence-corrected chi connectivity index (χ0v) is 3.89. The molecule has 33 valence electrons. The molecule has 3 radical (unpaired) electrons. The minimum atomic E-state index is -0.966. The van der Waals surface area contributed by atoms with Crippen molar-refractivity contribution in [3.05, 3.63) is 5.21 Å². The van der Waals surface area contributed by atoms with Gasteiger partial charge in [-0.2, -0.15) is 0 Å². The number of primary amides is 1. The second-order valence-electron chi connectivity index (χ2n) is 0.693. The van der Waals surface area contributed by atoms with E-state index in [-0.39, 0.29) is 0 Å². The Morgan fingerprint density at radius 1 is 2.00 bits per heavy atom. The fourth-order valence-electron chi connectivity index (χ4n) is 0. The Morgan fingerprint density at radius 2 is 2.17 bits per heavy atom. The highest BCUT2D eigenvalue weighted by Gasteiger charge is 1.92. The first-order chi connectivity index (χ1) is 2.64. The van der Waals surface area contributed by atoms with Gasteiger partial charge in [0, 0.05) is 0 Å². The fourth-order valence-corrected chi connectivity index (χ4v) is 0. The summed E-state index contributed by atoms with van der Waals surface area (Å²) in [6, 6.07) is -0.966. The highest BCUT2D eigenvalue weighted by Crippen LogP contribution is 1.30. The van der Waals surface area contributed by atoms with E-state index in [1.807, 2.05) is 0 Å². The number of urea groups is 1. The van der Waals surface area contributed by atoms with Crippen LogP contribution in [-0.4, -0.2) is 16.4 Å². The molecule has 0 aliphatic carbocycles. The maximum absolute atomic E-state index is 9.58. The van der Waals surface area contributed by atoms with Gasteiger partial charge in [-0.3, -0.25) is 0 Å². The summed E-state index contributed by atoms with van der Waals surface area (Å²) in [6.45, 7) is 0. The summed E-state index contributed by atoms with van der Waals surface area (Å²) in [4.78, 5) is 9.52. The maximum atomic E-state index is 9.58. The maximum Gasteiger partial charge on any atom is 0.458 e. The van der Waals surface area contributed by atoms with Crippen LogP contribution in [0.4, 0.5) is 4.79 Å². The van der Waals surface area contributed by atoms with Gasteiger partial charge in [0.05, 0.1) is 0 Å². The van der Waals surface area contributed by atoms with Crippen LogP contribution in [-0.2, 0) is 0 Å². The molecule has 0 bridgehead atoms. The molecule has 1 atom stereocenters. The standard InChI is InChI=1S/CH3N2O2Si/c2-1(4)3(5)6/h3H,(H2,2,4). The smallest absolute Gasteiger partial charge is 0.458 e. The number of quaternary nitrogens is 1. The Labute approximate surface area is 38.0 Å². The van der Waals surface area contributed by atoms with Gasteiger partial charge < -0.3 is 15.7 Å². The second kappa shape index (κ2) is 1.91. The minimum Gasteiger partial charge on any atom is -0.645 e. The molecule has 6 heavy (non-hydrogen) atoms. The van der Waals surface area contributed by atoms with Crippen LogP contribution in [0.5, 0.6) is 0 Å². The highest BCUT2D eigenvalue weighted by atomic mass is 28.2. The Morgan fingerprint density at radius 3 is 2.17 bits per heavy atom. The number of nitrogens with one attached hydrogen (secondary N) is 1. The topological polar surface area (TPSA) is 70.6 Å². The van der Waals surface area contributed by atoms with Gasteiger partial charge in [0.2, 0.25) is 0 Å². The van der Waals surface area contributed by atoms with Gasteiger partial charge in [0.15, 0.2) is 0 Å². The number of amides is 2. The van der Waals surface area contributed by atoms with E-state index in [1.165, 1.54) is 0 Å². The average molecular weight is 103 g/mol. The number of nitrogens with two attached hydrogens (primary N) is 1. The molecule has 0 rings (SSSR count). The second-order valence-corrected chi connectivity index (χ2v) is 1.15. The molecule has 0 aliphatic heterocycles. The normalized spacial score (nSPS) is 13.7. The molecule has 4 nitrogen and oxygen atoms in total. The van der Waals surface area contributed by atoms with E-state index in [2.05, 4.69) is 16.1 Å². The molecule has 0 fully saturated rings. The predicted molar refractivity (Wildman–Crippen MR) is 19.7 cm³/mol. The Kier molecular flexibility index (Phi) is 1.78. The highest BCUT2D eigenvalue weighted by molar-refractivity contribution is 6.00. The number of carbonyl (C=O) groups excluding carboxylic acids is 1. The van der Waals surface area contributed by atoms with E-state index < -0.39 is 10.8 Å². The zero-order valence-electron chi connectivity index (χ0n) is 2.89. The van der Waals surface area contributed by atoms with Crippen molar-refractivity contribution >= 4 is 16.4 Å². The molecular weight excluding hydrogens is 100 g/mol. The van der Waals surface area contributed by atoms with Crippen molar-refractivity contribution in [3.8, 4) is 0 Å². The van der Waals surface area contributed by atoms with Crippen molar-refractivity contribution in [2.45, 2.75) is 0 Å². The van der Waals surface area contributed by atoms with Crippen LogP contribution >= 0.6 is 0 Å². The monoisotopic (exact) mass is 103 g/mol. The van der Waals surface area contributed by atoms with Crippen molar-refractivity contribution in [3.63, 3.8) is 0 Å². The van der Waals surface area contributed by atoms with Crippen molar-refractivity contribution in [2.24, 2.45) is 5.73 Å². The Bertz CT molecular complexity index is 62.6. The summed E-state index contributed by atoms with van der Waals surface area (Å²) in [5, 5.41) is 9.58. The molecule has 0 saturated heterocycles. The van der Waals surface area contributed by atoms with Gasteiger partial charge in [-0.1, -0.05) is 0 Å². The third-order valence-electron chi connectivity index (χ3n) is 0.224. The third kappa shape index (κ3) is 1.88. The lowest BCUT2D eigenvalue weighted by molar-refractivity contribution is -0.617. The van der Waals surface area contributed by atoms with Crippen molar-refractivity contribution < 1.29 is 9.52 Å². The SMILES string of the molecule is NC(=O)[NH+]([O-])[Si]. The minimum absolute atomic E-state index is 0.796. The predicted octanol–water partition coefficient (Wildman–Crippen LogP) is -2.47. The van der Waals surface area contributed by atoms with Crippen LogP contribution in [0.2, 0.25) is 0 Å². The summed E-state index contributed by atoms with van der Waals surface area (Å²) in [5.74, 6) is 0. The number of rotatable bonds is 0. The number of carbonyl (C=O) groups is 1. The van der Waals surface area contributed by atoms with E-state index in [4.69, 9.17) is 0 Å². The molecule has 0 saturated carbocycles. The van der Waals surface area contributed by atoms with Crippen LogP contribution in [0.25, 0.3) is 0 Å². The molecule has 2 amide bonds. The zero-order chi connectivity index (χ0) is 5.15. The molecule has 0 aromatic carbocycles. The van der Waals surface area contributed by atoms with Crippen molar-refractivity contribution in [1.82, 2.24) is 0 Å². The average Bonchev–Trinajstić information content (AvgIpc) is 1.36. The lowest BCUT2D eigenvalue weighted by Crippen LogP contribution is -3.09. The Balaban J connectivity index is 3.26. The van der Waals surface area contributed by atoms with Crippen molar-refractivity contribution in [2.75, 3.05) is 0 Å². The van der Waals surface area contributed by atoms with E-state index >= 15 is 0 Å². The van der Waals surface area contributed by atoms with Crippen LogP contribution < -0.4 is 10.5 Å². The van der Waals surface area contributed by atoms with Gasteiger partial charge in [-0.25, -0.2) is 4.79 Å². The van der Waals surface area contributed by atoms with E-state index in [0.717, 1.165) is 0 Å². The first-order valence-electron chi connectivity index (χ1n) is 1.20. The van der Waals surface area contributed by atoms with Crippen LogP contribution in [0, 0.1) is 5.21 Å². The van der Waals surface area contributed by atoms with Gasteiger partial charge in [0.1, 0.15) is 0 Å². The van der Waals surface area contributed by atoms with Crippen LogP contribution in [0.1, 0.15) is 0 Å². The summed E-state index contributed by atoms with van der Waals surface area (Å²) >= 11 is 0. The number of hydrogen-bond donors (Lipinski definition) is 2. The van der Waals surface area contributed by atoms with Gasteiger partial charge in [-0.05, 0) is 0 Å². The summed E-state index contributed by atoms with van der Waals surface area (Å²) in [6.07, 6.45) is 0. The number of hydroxylamine groups is 1. The molecule has 3 N–H and O–H groups in total. The molecule has 0 spiro atoms. The fraction of sp³-hybridized carbons (Fsp3) is 0. The lowest BCUT2D eigenvalue weighted by Gasteiger charge is -2.06. The summed E-state index contributed by atoms with van der Waals surface area (Å²) in [7, 11) is 2.37. The molecular formula is CH3N2O2Si. The van der Waals surface area contributed by atoms with E-state index in [1.54, 1.807) is 0 Å². The lowest BCUT2D eigenvalue weighted by atomic mass is 11.2. The summed E-state index contributed by atoms with van der Waals surface area (Å²) in [5.41, 5.74) is 4.40. The molecule has 0 heterocycles.